The maximum absolute atomic E-state index is 10.6. The van der Waals surface area contributed by atoms with Crippen LogP contribution in [0.5, 0.6) is 11.5 Å². The van der Waals surface area contributed by atoms with Crippen LogP contribution in [0.2, 0.25) is 0 Å². The van der Waals surface area contributed by atoms with E-state index in [4.69, 9.17) is 9.47 Å². The van der Waals surface area contributed by atoms with Crippen LogP contribution in [0.3, 0.4) is 0 Å². The topological polar surface area (TPSA) is 35.5 Å². The SMILES string of the molecule is COc1ccc([C@@H]2C[C@H]2C=O)c(OC)c1. The molecule has 0 bridgehead atoms. The van der Waals surface area contributed by atoms with Gasteiger partial charge < -0.3 is 14.3 Å². The molecule has 1 aliphatic rings. The van der Waals surface area contributed by atoms with Crippen LogP contribution in [-0.4, -0.2) is 20.5 Å². The van der Waals surface area contributed by atoms with Crippen molar-refractivity contribution in [1.82, 2.24) is 0 Å². The van der Waals surface area contributed by atoms with Crippen molar-refractivity contribution in [2.75, 3.05) is 14.2 Å². The zero-order chi connectivity index (χ0) is 10.8. The van der Waals surface area contributed by atoms with Gasteiger partial charge >= 0.3 is 0 Å². The molecule has 1 aromatic rings. The lowest BCUT2D eigenvalue weighted by Gasteiger charge is -2.09. The van der Waals surface area contributed by atoms with Gasteiger partial charge in [0.2, 0.25) is 0 Å². The summed E-state index contributed by atoms with van der Waals surface area (Å²) in [6.07, 6.45) is 1.96. The molecule has 1 aromatic carbocycles. The molecule has 0 heterocycles. The highest BCUT2D eigenvalue weighted by Crippen LogP contribution is 2.49. The van der Waals surface area contributed by atoms with Crippen molar-refractivity contribution in [1.29, 1.82) is 0 Å². The molecule has 3 nitrogen and oxygen atoms in total. The Morgan fingerprint density at radius 1 is 1.33 bits per heavy atom. The summed E-state index contributed by atoms with van der Waals surface area (Å²) in [6.45, 7) is 0. The molecule has 0 spiro atoms. The van der Waals surface area contributed by atoms with Gasteiger partial charge in [-0.2, -0.15) is 0 Å². The molecule has 1 aliphatic carbocycles. The van der Waals surface area contributed by atoms with E-state index < -0.39 is 0 Å². The number of rotatable bonds is 4. The Morgan fingerprint density at radius 2 is 2.13 bits per heavy atom. The number of hydrogen-bond donors (Lipinski definition) is 0. The van der Waals surface area contributed by atoms with Gasteiger partial charge in [-0.05, 0) is 24.0 Å². The number of methoxy groups -OCH3 is 2. The smallest absolute Gasteiger partial charge is 0.126 e. The van der Waals surface area contributed by atoms with Crippen LogP contribution in [0.1, 0.15) is 17.9 Å². The third kappa shape index (κ3) is 1.82. The van der Waals surface area contributed by atoms with Gasteiger partial charge in [-0.3, -0.25) is 0 Å². The second kappa shape index (κ2) is 3.93. The highest BCUT2D eigenvalue weighted by Gasteiger charge is 2.39. The Kier molecular flexibility index (Phi) is 2.62. The zero-order valence-electron chi connectivity index (χ0n) is 8.90. The zero-order valence-corrected chi connectivity index (χ0v) is 8.90. The second-order valence-electron chi connectivity index (χ2n) is 3.75. The fraction of sp³-hybridized carbons (Fsp3) is 0.417. The largest absolute Gasteiger partial charge is 0.497 e. The average molecular weight is 206 g/mol. The number of hydrogen-bond acceptors (Lipinski definition) is 3. The Morgan fingerprint density at radius 3 is 2.67 bits per heavy atom. The summed E-state index contributed by atoms with van der Waals surface area (Å²) in [7, 11) is 3.26. The summed E-state index contributed by atoms with van der Waals surface area (Å²) < 4.78 is 10.4. The van der Waals surface area contributed by atoms with Gasteiger partial charge in [-0.15, -0.1) is 0 Å². The standard InChI is InChI=1S/C12H14O3/c1-14-9-3-4-10(12(6-9)15-2)11-5-8(11)7-13/h3-4,6-8,11H,5H2,1-2H3/t8-,11+/m0/s1. The maximum Gasteiger partial charge on any atom is 0.126 e. The summed E-state index contributed by atoms with van der Waals surface area (Å²) in [4.78, 5) is 10.6. The van der Waals surface area contributed by atoms with Crippen LogP contribution >= 0.6 is 0 Å². The van der Waals surface area contributed by atoms with Crippen molar-refractivity contribution in [2.45, 2.75) is 12.3 Å². The molecule has 15 heavy (non-hydrogen) atoms. The number of ether oxygens (including phenoxy) is 2. The van der Waals surface area contributed by atoms with Crippen LogP contribution < -0.4 is 9.47 Å². The second-order valence-corrected chi connectivity index (χ2v) is 3.75. The number of carbonyl (C=O) groups is 1. The van der Waals surface area contributed by atoms with Gasteiger partial charge in [0.25, 0.3) is 0 Å². The molecule has 2 atom stereocenters. The molecule has 0 unspecified atom stereocenters. The molecule has 0 amide bonds. The lowest BCUT2D eigenvalue weighted by molar-refractivity contribution is -0.108. The predicted octanol–water partition coefficient (Wildman–Crippen LogP) is 2.01. The quantitative estimate of drug-likeness (QED) is 0.707. The van der Waals surface area contributed by atoms with Crippen LogP contribution in [-0.2, 0) is 4.79 Å². The van der Waals surface area contributed by atoms with Crippen molar-refractivity contribution < 1.29 is 14.3 Å². The minimum absolute atomic E-state index is 0.173. The first-order valence-corrected chi connectivity index (χ1v) is 4.97. The van der Waals surface area contributed by atoms with Crippen LogP contribution in [0.25, 0.3) is 0 Å². The number of benzene rings is 1. The number of aldehydes is 1. The molecule has 2 rings (SSSR count). The monoisotopic (exact) mass is 206 g/mol. The Labute approximate surface area is 89.0 Å². The minimum Gasteiger partial charge on any atom is -0.497 e. The van der Waals surface area contributed by atoms with E-state index in [-0.39, 0.29) is 5.92 Å². The summed E-state index contributed by atoms with van der Waals surface area (Å²) in [5.41, 5.74) is 1.11. The van der Waals surface area contributed by atoms with Crippen LogP contribution in [0.4, 0.5) is 0 Å². The first-order chi connectivity index (χ1) is 7.30. The molecule has 0 aromatic heterocycles. The van der Waals surface area contributed by atoms with Gasteiger partial charge in [0.15, 0.2) is 0 Å². The summed E-state index contributed by atoms with van der Waals surface area (Å²) in [6, 6.07) is 5.74. The first-order valence-electron chi connectivity index (χ1n) is 4.97. The van der Waals surface area contributed by atoms with Crippen molar-refractivity contribution in [3.63, 3.8) is 0 Å². The van der Waals surface area contributed by atoms with Gasteiger partial charge in [-0.25, -0.2) is 0 Å². The average Bonchev–Trinajstić information content (AvgIpc) is 3.07. The van der Waals surface area contributed by atoms with E-state index in [1.165, 1.54) is 0 Å². The van der Waals surface area contributed by atoms with E-state index in [2.05, 4.69) is 0 Å². The Bertz CT molecular complexity index is 373. The fourth-order valence-corrected chi connectivity index (χ4v) is 1.85. The molecule has 1 fully saturated rings. The lowest BCUT2D eigenvalue weighted by atomic mass is 10.1. The molecular formula is C12H14O3. The van der Waals surface area contributed by atoms with Gasteiger partial charge in [-0.1, -0.05) is 6.07 Å². The molecule has 0 N–H and O–H groups in total. The normalized spacial score (nSPS) is 23.3. The Balaban J connectivity index is 2.27. The molecular weight excluding hydrogens is 192 g/mol. The highest BCUT2D eigenvalue weighted by molar-refractivity contribution is 5.63. The van der Waals surface area contributed by atoms with Gasteiger partial charge in [0, 0.05) is 12.0 Å². The molecule has 0 radical (unpaired) electrons. The summed E-state index contributed by atoms with van der Waals surface area (Å²) in [5.74, 6) is 2.10. The Hall–Kier alpha value is -1.51. The van der Waals surface area contributed by atoms with E-state index >= 15 is 0 Å². The summed E-state index contributed by atoms with van der Waals surface area (Å²) >= 11 is 0. The van der Waals surface area contributed by atoms with Gasteiger partial charge in [0.1, 0.15) is 17.8 Å². The van der Waals surface area contributed by atoms with E-state index in [1.807, 2.05) is 18.2 Å². The van der Waals surface area contributed by atoms with Crippen molar-refractivity contribution in [2.24, 2.45) is 5.92 Å². The van der Waals surface area contributed by atoms with Crippen molar-refractivity contribution in [3.8, 4) is 11.5 Å². The maximum atomic E-state index is 10.6. The third-order valence-corrected chi connectivity index (χ3v) is 2.85. The minimum atomic E-state index is 0.173. The van der Waals surface area contributed by atoms with Crippen LogP contribution in [0, 0.1) is 5.92 Å². The third-order valence-electron chi connectivity index (χ3n) is 2.85. The van der Waals surface area contributed by atoms with E-state index in [1.54, 1.807) is 14.2 Å². The lowest BCUT2D eigenvalue weighted by Crippen LogP contribution is -1.93. The summed E-state index contributed by atoms with van der Waals surface area (Å²) in [5, 5.41) is 0. The van der Waals surface area contributed by atoms with E-state index in [9.17, 15) is 4.79 Å². The number of carbonyl (C=O) groups excluding carboxylic acids is 1. The van der Waals surface area contributed by atoms with E-state index in [0.29, 0.717) is 5.92 Å². The highest BCUT2D eigenvalue weighted by atomic mass is 16.5. The first kappa shape index (κ1) is 10.0. The molecule has 3 heteroatoms. The molecule has 0 saturated heterocycles. The van der Waals surface area contributed by atoms with Crippen molar-refractivity contribution >= 4 is 6.29 Å². The van der Waals surface area contributed by atoms with E-state index in [0.717, 1.165) is 29.8 Å². The predicted molar refractivity (Wildman–Crippen MR) is 56.5 cm³/mol. The van der Waals surface area contributed by atoms with Crippen molar-refractivity contribution in [3.05, 3.63) is 23.8 Å². The molecule has 1 saturated carbocycles. The van der Waals surface area contributed by atoms with Crippen LogP contribution in [0.15, 0.2) is 18.2 Å². The molecule has 80 valence electrons. The molecule has 0 aliphatic heterocycles. The fourth-order valence-electron chi connectivity index (χ4n) is 1.85. The van der Waals surface area contributed by atoms with Gasteiger partial charge in [0.05, 0.1) is 14.2 Å².